The molecule has 76 valence electrons. The van der Waals surface area contributed by atoms with Gasteiger partial charge in [-0.25, -0.2) is 9.18 Å². The molecule has 13 heavy (non-hydrogen) atoms. The first-order valence-electron chi connectivity index (χ1n) is 4.49. The third-order valence-corrected chi connectivity index (χ3v) is 1.95. The smallest absolute Gasteiger partial charge is 0.410 e. The Morgan fingerprint density at radius 3 is 2.54 bits per heavy atom. The van der Waals surface area contributed by atoms with Crippen LogP contribution < -0.4 is 0 Å². The molecule has 0 saturated carbocycles. The number of halogens is 1. The van der Waals surface area contributed by atoms with Crippen LogP contribution in [0, 0.1) is 0 Å². The van der Waals surface area contributed by atoms with Crippen LogP contribution in [0.25, 0.3) is 0 Å². The first-order valence-corrected chi connectivity index (χ1v) is 4.49. The third kappa shape index (κ3) is 2.57. The summed E-state index contributed by atoms with van der Waals surface area (Å²) in [7, 11) is 0. The SMILES string of the molecule is CC(C)(C)OC(=O)N1CC[C@@H]1CF. The fourth-order valence-electron chi connectivity index (χ4n) is 1.16. The van der Waals surface area contributed by atoms with Gasteiger partial charge in [0.05, 0.1) is 6.04 Å². The molecule has 1 heterocycles. The molecule has 1 aliphatic heterocycles. The summed E-state index contributed by atoms with van der Waals surface area (Å²) in [4.78, 5) is 12.8. The van der Waals surface area contributed by atoms with Crippen molar-refractivity contribution in [2.45, 2.75) is 38.8 Å². The van der Waals surface area contributed by atoms with Gasteiger partial charge < -0.3 is 9.64 Å². The summed E-state index contributed by atoms with van der Waals surface area (Å²) in [6.45, 7) is 5.54. The van der Waals surface area contributed by atoms with E-state index in [2.05, 4.69) is 0 Å². The largest absolute Gasteiger partial charge is 0.444 e. The van der Waals surface area contributed by atoms with E-state index in [1.807, 2.05) is 0 Å². The fraction of sp³-hybridized carbons (Fsp3) is 0.889. The molecular weight excluding hydrogens is 173 g/mol. The van der Waals surface area contributed by atoms with Crippen molar-refractivity contribution in [2.75, 3.05) is 13.2 Å². The standard InChI is InChI=1S/C9H16FNO2/c1-9(2,3)13-8(12)11-5-4-7(11)6-10/h7H,4-6H2,1-3H3/t7-/m1/s1. The summed E-state index contributed by atoms with van der Waals surface area (Å²) < 4.78 is 17.3. The Hall–Kier alpha value is -0.800. The van der Waals surface area contributed by atoms with Crippen LogP contribution in [0.3, 0.4) is 0 Å². The van der Waals surface area contributed by atoms with Crippen molar-refractivity contribution < 1.29 is 13.9 Å². The summed E-state index contributed by atoms with van der Waals surface area (Å²) in [5.74, 6) is 0. The number of rotatable bonds is 1. The molecule has 4 heteroatoms. The zero-order valence-electron chi connectivity index (χ0n) is 8.34. The Morgan fingerprint density at radius 2 is 2.23 bits per heavy atom. The van der Waals surface area contributed by atoms with Crippen LogP contribution in [-0.4, -0.2) is 35.9 Å². The quantitative estimate of drug-likeness (QED) is 0.631. The van der Waals surface area contributed by atoms with Crippen molar-refractivity contribution in [3.63, 3.8) is 0 Å². The third-order valence-electron chi connectivity index (χ3n) is 1.95. The molecule has 0 aliphatic carbocycles. The van der Waals surface area contributed by atoms with E-state index in [0.717, 1.165) is 6.42 Å². The van der Waals surface area contributed by atoms with Gasteiger partial charge in [-0.1, -0.05) is 0 Å². The first kappa shape index (κ1) is 10.3. The lowest BCUT2D eigenvalue weighted by molar-refractivity contribution is -0.00958. The summed E-state index contributed by atoms with van der Waals surface area (Å²) in [6, 6.07) is -0.255. The normalized spacial score (nSPS) is 22.5. The second kappa shape index (κ2) is 3.52. The predicted molar refractivity (Wildman–Crippen MR) is 47.3 cm³/mol. The molecular formula is C9H16FNO2. The molecule has 0 unspecified atom stereocenters. The highest BCUT2D eigenvalue weighted by Crippen LogP contribution is 2.21. The number of carbonyl (C=O) groups excluding carboxylic acids is 1. The second-order valence-corrected chi connectivity index (χ2v) is 4.27. The number of amides is 1. The molecule has 0 radical (unpaired) electrons. The molecule has 1 amide bonds. The van der Waals surface area contributed by atoms with Crippen molar-refractivity contribution in [2.24, 2.45) is 0 Å². The molecule has 1 saturated heterocycles. The maximum absolute atomic E-state index is 12.2. The first-order chi connectivity index (χ1) is 5.94. The minimum absolute atomic E-state index is 0.255. The van der Waals surface area contributed by atoms with E-state index in [9.17, 15) is 9.18 Å². The Balaban J connectivity index is 2.40. The van der Waals surface area contributed by atoms with Crippen molar-refractivity contribution in [3.05, 3.63) is 0 Å². The van der Waals surface area contributed by atoms with Crippen LogP contribution >= 0.6 is 0 Å². The molecule has 0 bridgehead atoms. The van der Waals surface area contributed by atoms with Crippen LogP contribution in [0.15, 0.2) is 0 Å². The van der Waals surface area contributed by atoms with E-state index in [1.54, 1.807) is 20.8 Å². The highest BCUT2D eigenvalue weighted by atomic mass is 19.1. The Labute approximate surface area is 77.9 Å². The molecule has 1 aliphatic rings. The van der Waals surface area contributed by atoms with Gasteiger partial charge in [0, 0.05) is 6.54 Å². The number of likely N-dealkylation sites (tertiary alicyclic amines) is 1. The minimum atomic E-state index is -0.493. The summed E-state index contributed by atoms with van der Waals surface area (Å²) >= 11 is 0. The van der Waals surface area contributed by atoms with Gasteiger partial charge in [0.15, 0.2) is 0 Å². The lowest BCUT2D eigenvalue weighted by atomic mass is 10.1. The Kier molecular flexibility index (Phi) is 2.78. The Bertz CT molecular complexity index is 198. The van der Waals surface area contributed by atoms with E-state index in [4.69, 9.17) is 4.74 Å². The topological polar surface area (TPSA) is 29.5 Å². The van der Waals surface area contributed by atoms with Gasteiger partial charge >= 0.3 is 6.09 Å². The van der Waals surface area contributed by atoms with E-state index >= 15 is 0 Å². The van der Waals surface area contributed by atoms with Gasteiger partial charge in [0.1, 0.15) is 12.3 Å². The van der Waals surface area contributed by atoms with Gasteiger partial charge in [0.2, 0.25) is 0 Å². The van der Waals surface area contributed by atoms with Gasteiger partial charge in [-0.15, -0.1) is 0 Å². The predicted octanol–water partition coefficient (Wildman–Crippen LogP) is 1.97. The monoisotopic (exact) mass is 189 g/mol. The van der Waals surface area contributed by atoms with E-state index in [-0.39, 0.29) is 6.04 Å². The molecule has 0 aromatic heterocycles. The molecule has 1 rings (SSSR count). The maximum Gasteiger partial charge on any atom is 0.410 e. The van der Waals surface area contributed by atoms with Gasteiger partial charge in [-0.05, 0) is 27.2 Å². The molecule has 0 N–H and O–H groups in total. The van der Waals surface area contributed by atoms with Crippen LogP contribution in [0.5, 0.6) is 0 Å². The summed E-state index contributed by atoms with van der Waals surface area (Å²) in [6.07, 6.45) is 0.344. The Morgan fingerprint density at radius 1 is 1.62 bits per heavy atom. The highest BCUT2D eigenvalue weighted by Gasteiger charge is 2.34. The zero-order chi connectivity index (χ0) is 10.1. The van der Waals surface area contributed by atoms with E-state index in [1.165, 1.54) is 4.90 Å². The number of hydrogen-bond acceptors (Lipinski definition) is 2. The molecule has 0 aromatic rings. The average molecular weight is 189 g/mol. The van der Waals surface area contributed by atoms with E-state index in [0.29, 0.717) is 6.54 Å². The van der Waals surface area contributed by atoms with Gasteiger partial charge in [0.25, 0.3) is 0 Å². The minimum Gasteiger partial charge on any atom is -0.444 e. The zero-order valence-corrected chi connectivity index (χ0v) is 8.34. The number of carbonyl (C=O) groups is 1. The number of nitrogens with zero attached hydrogens (tertiary/aromatic N) is 1. The van der Waals surface area contributed by atoms with Gasteiger partial charge in [-0.2, -0.15) is 0 Å². The van der Waals surface area contributed by atoms with Crippen molar-refractivity contribution >= 4 is 6.09 Å². The van der Waals surface area contributed by atoms with Gasteiger partial charge in [-0.3, -0.25) is 0 Å². The molecule has 1 fully saturated rings. The molecule has 0 spiro atoms. The summed E-state index contributed by atoms with van der Waals surface area (Å²) in [5, 5.41) is 0. The highest BCUT2D eigenvalue weighted by molar-refractivity contribution is 5.69. The molecule has 3 nitrogen and oxygen atoms in total. The lowest BCUT2D eigenvalue weighted by Gasteiger charge is -2.39. The number of alkyl halides is 1. The van der Waals surface area contributed by atoms with Crippen LogP contribution in [0.1, 0.15) is 27.2 Å². The maximum atomic E-state index is 12.2. The van der Waals surface area contributed by atoms with Crippen molar-refractivity contribution in [3.8, 4) is 0 Å². The second-order valence-electron chi connectivity index (χ2n) is 4.27. The van der Waals surface area contributed by atoms with Crippen molar-refractivity contribution in [1.29, 1.82) is 0 Å². The van der Waals surface area contributed by atoms with Crippen LogP contribution in [0.2, 0.25) is 0 Å². The molecule has 1 atom stereocenters. The number of ether oxygens (including phenoxy) is 1. The van der Waals surface area contributed by atoms with Crippen LogP contribution in [0.4, 0.5) is 9.18 Å². The fourth-order valence-corrected chi connectivity index (χ4v) is 1.16. The van der Waals surface area contributed by atoms with Crippen LogP contribution in [-0.2, 0) is 4.74 Å². The van der Waals surface area contributed by atoms with E-state index < -0.39 is 18.4 Å². The number of hydrogen-bond donors (Lipinski definition) is 0. The lowest BCUT2D eigenvalue weighted by Crippen LogP contribution is -2.53. The summed E-state index contributed by atoms with van der Waals surface area (Å²) in [5.41, 5.74) is -0.493. The average Bonchev–Trinajstić information content (AvgIpc) is 1.80. The van der Waals surface area contributed by atoms with Crippen molar-refractivity contribution in [1.82, 2.24) is 4.90 Å². The molecule has 0 aromatic carbocycles.